The van der Waals surface area contributed by atoms with Crippen molar-refractivity contribution < 1.29 is 38.1 Å². The highest BCUT2D eigenvalue weighted by molar-refractivity contribution is 6.04. The molecule has 0 spiro atoms. The molecule has 1 aromatic carbocycles. The van der Waals surface area contributed by atoms with Crippen molar-refractivity contribution >= 4 is 23.7 Å². The smallest absolute Gasteiger partial charge is 0.416 e. The van der Waals surface area contributed by atoms with Crippen LogP contribution in [-0.4, -0.2) is 58.4 Å². The second kappa shape index (κ2) is 7.13. The number of fused-ring (bicyclic) bond motifs is 3. The molecule has 0 radical (unpaired) electrons. The molecule has 3 aliphatic heterocycles. The van der Waals surface area contributed by atoms with E-state index in [1.165, 1.54) is 26.2 Å². The molecule has 3 atom stereocenters. The standard InChI is InChI=1S/C22H24N2O8/c1-28-18(25)12-4-7-15-21(10-12)8-9-23-22(15,19(26)29-2)24(20(27)30-3)16-13(21)5-6-14-17(16)32-11-31-14/h5-6,10,15,23H,4,7-9,11H2,1-3H3/t15-,21-,22+/m1/s1. The van der Waals surface area contributed by atoms with Gasteiger partial charge in [-0.2, -0.15) is 0 Å². The fourth-order valence-corrected chi connectivity index (χ4v) is 5.90. The second-order valence-corrected chi connectivity index (χ2v) is 8.23. The maximum absolute atomic E-state index is 13.4. The Labute approximate surface area is 184 Å². The number of benzene rings is 1. The summed E-state index contributed by atoms with van der Waals surface area (Å²) in [4.78, 5) is 40.4. The monoisotopic (exact) mass is 444 g/mol. The number of carbonyl (C=O) groups is 3. The second-order valence-electron chi connectivity index (χ2n) is 8.23. The minimum atomic E-state index is -1.55. The molecule has 2 bridgehead atoms. The van der Waals surface area contributed by atoms with Gasteiger partial charge in [0.05, 0.1) is 27.0 Å². The lowest BCUT2D eigenvalue weighted by atomic mass is 9.54. The number of methoxy groups -OCH3 is 3. The van der Waals surface area contributed by atoms with Crippen LogP contribution in [0, 0.1) is 5.92 Å². The van der Waals surface area contributed by atoms with Crippen LogP contribution < -0.4 is 19.7 Å². The molecule has 0 aromatic heterocycles. The Kier molecular flexibility index (Phi) is 4.59. The van der Waals surface area contributed by atoms with Crippen LogP contribution in [-0.2, 0) is 29.2 Å². The normalized spacial score (nSPS) is 29.3. The molecule has 4 aliphatic rings. The van der Waals surface area contributed by atoms with Crippen molar-refractivity contribution in [3.05, 3.63) is 29.3 Å². The van der Waals surface area contributed by atoms with Gasteiger partial charge in [-0.15, -0.1) is 0 Å². The maximum atomic E-state index is 13.4. The molecule has 10 nitrogen and oxygen atoms in total. The molecule has 1 aliphatic carbocycles. The van der Waals surface area contributed by atoms with Gasteiger partial charge in [-0.25, -0.2) is 19.3 Å². The summed E-state index contributed by atoms with van der Waals surface area (Å²) in [5.74, 6) is -0.636. The average molecular weight is 444 g/mol. The Morgan fingerprint density at radius 2 is 1.94 bits per heavy atom. The zero-order valence-electron chi connectivity index (χ0n) is 18.1. The van der Waals surface area contributed by atoms with E-state index < -0.39 is 35.0 Å². The van der Waals surface area contributed by atoms with Gasteiger partial charge in [-0.05, 0) is 37.4 Å². The number of nitrogens with zero attached hydrogens (tertiary/aromatic N) is 1. The van der Waals surface area contributed by atoms with Crippen molar-refractivity contribution in [3.63, 3.8) is 0 Å². The fraction of sp³-hybridized carbons (Fsp3) is 0.500. The number of rotatable bonds is 2. The summed E-state index contributed by atoms with van der Waals surface area (Å²) >= 11 is 0. The molecule has 0 saturated carbocycles. The SMILES string of the molecule is COC(=O)C1=C[C@@]23CCN[C@@](C(=O)OC)([C@@H]2CC1)N(C(=O)OC)c1c3ccc2c1OCO2. The van der Waals surface area contributed by atoms with Crippen molar-refractivity contribution in [1.82, 2.24) is 5.32 Å². The summed E-state index contributed by atoms with van der Waals surface area (Å²) in [6, 6.07) is 3.66. The number of carbonyl (C=O) groups excluding carboxylic acids is 3. The lowest BCUT2D eigenvalue weighted by molar-refractivity contribution is -0.155. The third kappa shape index (κ3) is 2.41. The summed E-state index contributed by atoms with van der Waals surface area (Å²) in [5.41, 5.74) is -0.601. The number of allylic oxidation sites excluding steroid dienone is 1. The zero-order valence-corrected chi connectivity index (χ0v) is 18.1. The van der Waals surface area contributed by atoms with Gasteiger partial charge in [0.1, 0.15) is 0 Å². The molecular weight excluding hydrogens is 420 g/mol. The molecule has 1 N–H and O–H groups in total. The first-order valence-corrected chi connectivity index (χ1v) is 10.4. The molecule has 1 amide bonds. The van der Waals surface area contributed by atoms with Crippen LogP contribution in [0.3, 0.4) is 0 Å². The van der Waals surface area contributed by atoms with Crippen LogP contribution in [0.15, 0.2) is 23.8 Å². The maximum Gasteiger partial charge on any atom is 0.416 e. The summed E-state index contributed by atoms with van der Waals surface area (Å²) in [6.45, 7) is 0.386. The molecule has 1 saturated heterocycles. The molecule has 170 valence electrons. The van der Waals surface area contributed by atoms with Gasteiger partial charge in [-0.1, -0.05) is 12.1 Å². The zero-order chi connectivity index (χ0) is 22.7. The van der Waals surface area contributed by atoms with E-state index in [2.05, 4.69) is 5.32 Å². The van der Waals surface area contributed by atoms with Crippen LogP contribution in [0.4, 0.5) is 10.5 Å². The molecular formula is C22H24N2O8. The number of hydrogen-bond acceptors (Lipinski definition) is 9. The van der Waals surface area contributed by atoms with E-state index in [0.717, 1.165) is 5.56 Å². The Hall–Kier alpha value is -3.27. The van der Waals surface area contributed by atoms with E-state index in [4.69, 9.17) is 23.7 Å². The molecule has 5 rings (SSSR count). The summed E-state index contributed by atoms with van der Waals surface area (Å²) < 4.78 is 26.7. The minimum Gasteiger partial charge on any atom is -0.466 e. The lowest BCUT2D eigenvalue weighted by Gasteiger charge is -2.61. The molecule has 1 fully saturated rings. The largest absolute Gasteiger partial charge is 0.466 e. The number of nitrogens with one attached hydrogen (secondary N) is 1. The van der Waals surface area contributed by atoms with Gasteiger partial charge in [0.25, 0.3) is 0 Å². The molecule has 0 unspecified atom stereocenters. The van der Waals surface area contributed by atoms with E-state index >= 15 is 0 Å². The van der Waals surface area contributed by atoms with Crippen LogP contribution >= 0.6 is 0 Å². The van der Waals surface area contributed by atoms with E-state index in [1.807, 2.05) is 12.1 Å². The van der Waals surface area contributed by atoms with Crippen molar-refractivity contribution in [2.24, 2.45) is 5.92 Å². The Balaban J connectivity index is 1.87. The number of anilines is 1. The van der Waals surface area contributed by atoms with E-state index in [0.29, 0.717) is 48.6 Å². The highest BCUT2D eigenvalue weighted by Crippen LogP contribution is 2.62. The Morgan fingerprint density at radius 3 is 2.66 bits per heavy atom. The first kappa shape index (κ1) is 20.6. The number of ether oxygens (including phenoxy) is 5. The predicted octanol–water partition coefficient (Wildman–Crippen LogP) is 1.61. The quantitative estimate of drug-likeness (QED) is 0.537. The van der Waals surface area contributed by atoms with Gasteiger partial charge < -0.3 is 23.7 Å². The van der Waals surface area contributed by atoms with Crippen LogP contribution in [0.2, 0.25) is 0 Å². The topological polar surface area (TPSA) is 113 Å². The summed E-state index contributed by atoms with van der Waals surface area (Å²) in [6.07, 6.45) is 2.62. The van der Waals surface area contributed by atoms with Crippen molar-refractivity contribution in [2.45, 2.75) is 30.3 Å². The van der Waals surface area contributed by atoms with Gasteiger partial charge in [-0.3, -0.25) is 5.32 Å². The van der Waals surface area contributed by atoms with Gasteiger partial charge in [0.15, 0.2) is 11.5 Å². The molecule has 3 heterocycles. The lowest BCUT2D eigenvalue weighted by Crippen LogP contribution is -2.78. The molecule has 32 heavy (non-hydrogen) atoms. The van der Waals surface area contributed by atoms with Crippen LogP contribution in [0.25, 0.3) is 0 Å². The van der Waals surface area contributed by atoms with Crippen molar-refractivity contribution in [3.8, 4) is 11.5 Å². The average Bonchev–Trinajstić information content (AvgIpc) is 3.31. The summed E-state index contributed by atoms with van der Waals surface area (Å²) in [7, 11) is 3.89. The van der Waals surface area contributed by atoms with Gasteiger partial charge >= 0.3 is 18.0 Å². The van der Waals surface area contributed by atoms with Crippen molar-refractivity contribution in [2.75, 3.05) is 39.6 Å². The fourth-order valence-electron chi connectivity index (χ4n) is 5.90. The van der Waals surface area contributed by atoms with E-state index in [9.17, 15) is 14.4 Å². The van der Waals surface area contributed by atoms with Crippen molar-refractivity contribution in [1.29, 1.82) is 0 Å². The van der Waals surface area contributed by atoms with E-state index in [1.54, 1.807) is 6.07 Å². The molecule has 10 heteroatoms. The number of piperidine rings is 1. The predicted molar refractivity (Wildman–Crippen MR) is 109 cm³/mol. The van der Waals surface area contributed by atoms with Crippen LogP contribution in [0.1, 0.15) is 24.8 Å². The third-order valence-electron chi connectivity index (χ3n) is 7.09. The number of esters is 2. The van der Waals surface area contributed by atoms with Gasteiger partial charge in [0.2, 0.25) is 12.5 Å². The number of amides is 1. The van der Waals surface area contributed by atoms with Crippen LogP contribution in [0.5, 0.6) is 11.5 Å². The molecule has 1 aromatic rings. The highest BCUT2D eigenvalue weighted by Gasteiger charge is 2.68. The summed E-state index contributed by atoms with van der Waals surface area (Å²) in [5, 5.41) is 3.27. The number of hydrogen-bond donors (Lipinski definition) is 1. The first-order valence-electron chi connectivity index (χ1n) is 10.4. The first-order chi connectivity index (χ1) is 15.4. The van der Waals surface area contributed by atoms with E-state index in [-0.39, 0.29) is 6.79 Å². The Bertz CT molecular complexity index is 1050. The third-order valence-corrected chi connectivity index (χ3v) is 7.09. The highest BCUT2D eigenvalue weighted by atomic mass is 16.7. The Morgan fingerprint density at radius 1 is 1.12 bits per heavy atom. The minimum absolute atomic E-state index is 0.0148. The van der Waals surface area contributed by atoms with Gasteiger partial charge in [0, 0.05) is 16.9 Å².